The molecule has 1 aliphatic carbocycles. The van der Waals surface area contributed by atoms with Crippen molar-refractivity contribution in [1.82, 2.24) is 19.5 Å². The maximum Gasteiger partial charge on any atom is 0.152 e. The highest BCUT2D eigenvalue weighted by atomic mass is 19.1. The number of benzene rings is 1. The van der Waals surface area contributed by atoms with Gasteiger partial charge in [-0.2, -0.15) is 0 Å². The van der Waals surface area contributed by atoms with E-state index in [0.717, 1.165) is 42.1 Å². The Kier molecular flexibility index (Phi) is 4.30. The van der Waals surface area contributed by atoms with Gasteiger partial charge in [0.2, 0.25) is 0 Å². The van der Waals surface area contributed by atoms with Crippen molar-refractivity contribution in [2.75, 3.05) is 11.5 Å². The summed E-state index contributed by atoms with van der Waals surface area (Å²) in [5.41, 5.74) is 13.7. The van der Waals surface area contributed by atoms with Crippen molar-refractivity contribution < 1.29 is 4.39 Å². The van der Waals surface area contributed by atoms with Crippen molar-refractivity contribution in [1.29, 1.82) is 0 Å². The van der Waals surface area contributed by atoms with Crippen LogP contribution in [0.4, 0.5) is 16.0 Å². The van der Waals surface area contributed by atoms with Crippen molar-refractivity contribution in [3.63, 3.8) is 0 Å². The van der Waals surface area contributed by atoms with Gasteiger partial charge in [-0.15, -0.1) is 0 Å². The molecule has 3 aromatic heterocycles. The van der Waals surface area contributed by atoms with Crippen LogP contribution in [0.1, 0.15) is 37.3 Å². The molecule has 0 saturated heterocycles. The number of nitrogens with two attached hydrogens (primary N) is 2. The predicted molar refractivity (Wildman–Crippen MR) is 113 cm³/mol. The summed E-state index contributed by atoms with van der Waals surface area (Å²) in [5, 5.41) is 1.68. The average molecular weight is 390 g/mol. The maximum atomic E-state index is 14.9. The Balaban J connectivity index is 1.30. The van der Waals surface area contributed by atoms with E-state index in [1.165, 1.54) is 6.33 Å². The van der Waals surface area contributed by atoms with Gasteiger partial charge < -0.3 is 16.0 Å². The molecule has 5 rings (SSSR count). The second-order valence-corrected chi connectivity index (χ2v) is 7.94. The molecule has 0 amide bonds. The minimum Gasteiger partial charge on any atom is -0.384 e. The van der Waals surface area contributed by atoms with E-state index in [9.17, 15) is 4.39 Å². The van der Waals surface area contributed by atoms with Gasteiger partial charge in [-0.3, -0.25) is 0 Å². The van der Waals surface area contributed by atoms with E-state index in [0.29, 0.717) is 41.1 Å². The van der Waals surface area contributed by atoms with Crippen LogP contribution < -0.4 is 11.5 Å². The maximum absolute atomic E-state index is 14.9. The third-order valence-corrected chi connectivity index (χ3v) is 6.17. The van der Waals surface area contributed by atoms with Gasteiger partial charge in [0.05, 0.1) is 5.39 Å². The van der Waals surface area contributed by atoms with Crippen molar-refractivity contribution in [2.45, 2.75) is 38.1 Å². The number of nitrogen functional groups attached to an aromatic ring is 2. The molecule has 3 heterocycles. The Hall–Kier alpha value is -3.22. The normalized spacial score (nSPS) is 19.3. The summed E-state index contributed by atoms with van der Waals surface area (Å²) in [6.07, 6.45) is 8.52. The van der Waals surface area contributed by atoms with Crippen LogP contribution in [-0.2, 0) is 6.42 Å². The Morgan fingerprint density at radius 1 is 1.07 bits per heavy atom. The molecule has 2 unspecified atom stereocenters. The lowest BCUT2D eigenvalue weighted by Gasteiger charge is -2.15. The Morgan fingerprint density at radius 3 is 2.83 bits per heavy atom. The first-order valence-electron chi connectivity index (χ1n) is 10.0. The fourth-order valence-electron chi connectivity index (χ4n) is 4.61. The second-order valence-electron chi connectivity index (χ2n) is 7.94. The molecule has 1 saturated carbocycles. The molecule has 1 fully saturated rings. The van der Waals surface area contributed by atoms with Gasteiger partial charge in [0.1, 0.15) is 29.1 Å². The molecule has 6 nitrogen and oxygen atoms in total. The largest absolute Gasteiger partial charge is 0.384 e. The molecule has 4 aromatic rings. The smallest absolute Gasteiger partial charge is 0.152 e. The van der Waals surface area contributed by atoms with E-state index in [-0.39, 0.29) is 5.82 Å². The van der Waals surface area contributed by atoms with Crippen molar-refractivity contribution in [2.24, 2.45) is 5.92 Å². The van der Waals surface area contributed by atoms with Gasteiger partial charge in [0, 0.05) is 17.6 Å². The SMILES string of the molecule is Nc1ccc2ccc(CCC3CCC(n4ccc5c(N)ncnc54)C3)c(F)c2n1. The molecule has 1 aromatic carbocycles. The topological polar surface area (TPSA) is 95.6 Å². The molecule has 0 spiro atoms. The standard InChI is InChI=1S/C22H23FN6/c23-19-14(4-5-15-6-8-18(24)28-20(15)19)3-1-13-2-7-16(11-13)29-10-9-17-21(25)26-12-27-22(17)29/h4-6,8-10,12-13,16H,1-3,7,11H2,(H2,24,28)(H2,25,26,27). The highest BCUT2D eigenvalue weighted by Gasteiger charge is 2.27. The summed E-state index contributed by atoms with van der Waals surface area (Å²) >= 11 is 0. The van der Waals surface area contributed by atoms with E-state index < -0.39 is 0 Å². The predicted octanol–water partition coefficient (Wildman–Crippen LogP) is 4.26. The number of nitrogens with zero attached hydrogens (tertiary/aromatic N) is 4. The number of hydrogen-bond donors (Lipinski definition) is 2. The summed E-state index contributed by atoms with van der Waals surface area (Å²) in [6, 6.07) is 9.69. The highest BCUT2D eigenvalue weighted by molar-refractivity contribution is 5.86. The number of hydrogen-bond acceptors (Lipinski definition) is 5. The van der Waals surface area contributed by atoms with E-state index in [4.69, 9.17) is 11.5 Å². The van der Waals surface area contributed by atoms with Crippen LogP contribution in [0, 0.1) is 11.7 Å². The molecule has 29 heavy (non-hydrogen) atoms. The molecule has 4 N–H and O–H groups in total. The van der Waals surface area contributed by atoms with Crippen molar-refractivity contribution in [3.8, 4) is 0 Å². The van der Waals surface area contributed by atoms with Crippen LogP contribution in [0.5, 0.6) is 0 Å². The van der Waals surface area contributed by atoms with Crippen LogP contribution in [-0.4, -0.2) is 19.5 Å². The van der Waals surface area contributed by atoms with Gasteiger partial charge in [-0.25, -0.2) is 19.3 Å². The monoisotopic (exact) mass is 390 g/mol. The minimum absolute atomic E-state index is 0.243. The lowest BCUT2D eigenvalue weighted by atomic mass is 9.97. The van der Waals surface area contributed by atoms with E-state index in [1.807, 2.05) is 24.3 Å². The third-order valence-electron chi connectivity index (χ3n) is 6.17. The van der Waals surface area contributed by atoms with Gasteiger partial charge >= 0.3 is 0 Å². The van der Waals surface area contributed by atoms with Crippen molar-refractivity contribution >= 4 is 33.6 Å². The zero-order chi connectivity index (χ0) is 20.0. The molecule has 2 atom stereocenters. The van der Waals surface area contributed by atoms with Crippen LogP contribution in [0.2, 0.25) is 0 Å². The summed E-state index contributed by atoms with van der Waals surface area (Å²) in [7, 11) is 0. The van der Waals surface area contributed by atoms with E-state index >= 15 is 0 Å². The first-order chi connectivity index (χ1) is 14.1. The number of rotatable bonds is 4. The van der Waals surface area contributed by atoms with Gasteiger partial charge in [0.15, 0.2) is 5.82 Å². The summed E-state index contributed by atoms with van der Waals surface area (Å²) < 4.78 is 17.1. The van der Waals surface area contributed by atoms with Crippen molar-refractivity contribution in [3.05, 3.63) is 54.2 Å². The van der Waals surface area contributed by atoms with Crippen LogP contribution in [0.25, 0.3) is 21.9 Å². The van der Waals surface area contributed by atoms with Crippen LogP contribution in [0.15, 0.2) is 42.9 Å². The highest BCUT2D eigenvalue weighted by Crippen LogP contribution is 2.39. The van der Waals surface area contributed by atoms with Gasteiger partial charge in [-0.1, -0.05) is 12.1 Å². The minimum atomic E-state index is -0.243. The molecule has 148 valence electrons. The molecule has 0 bridgehead atoms. The quantitative estimate of drug-likeness (QED) is 0.543. The Bertz CT molecular complexity index is 1200. The Morgan fingerprint density at radius 2 is 1.93 bits per heavy atom. The summed E-state index contributed by atoms with van der Waals surface area (Å²) in [6.45, 7) is 0. The zero-order valence-corrected chi connectivity index (χ0v) is 16.1. The van der Waals surface area contributed by atoms with E-state index in [2.05, 4.69) is 25.7 Å². The lowest BCUT2D eigenvalue weighted by molar-refractivity contribution is 0.457. The Labute approximate surface area is 167 Å². The first-order valence-corrected chi connectivity index (χ1v) is 10.0. The molecular formula is C22H23FN6. The molecular weight excluding hydrogens is 367 g/mol. The molecule has 7 heteroatoms. The molecule has 0 radical (unpaired) electrons. The summed E-state index contributed by atoms with van der Waals surface area (Å²) in [5.74, 6) is 1.17. The number of anilines is 2. The van der Waals surface area contributed by atoms with E-state index in [1.54, 1.807) is 6.07 Å². The fraction of sp³-hybridized carbons (Fsp3) is 0.318. The van der Waals surface area contributed by atoms with Crippen LogP contribution >= 0.6 is 0 Å². The second kappa shape index (κ2) is 6.99. The lowest BCUT2D eigenvalue weighted by Crippen LogP contribution is -2.06. The molecule has 0 aliphatic heterocycles. The number of fused-ring (bicyclic) bond motifs is 2. The number of pyridine rings is 1. The third kappa shape index (κ3) is 3.16. The molecule has 1 aliphatic rings. The fourth-order valence-corrected chi connectivity index (χ4v) is 4.61. The number of halogens is 1. The van der Waals surface area contributed by atoms with Gasteiger partial charge in [0.25, 0.3) is 0 Å². The first kappa shape index (κ1) is 17.8. The number of aryl methyl sites for hydroxylation is 1. The number of aromatic nitrogens is 4. The average Bonchev–Trinajstić information content (AvgIpc) is 3.35. The van der Waals surface area contributed by atoms with Gasteiger partial charge in [-0.05, 0) is 61.8 Å². The summed E-state index contributed by atoms with van der Waals surface area (Å²) in [4.78, 5) is 12.7. The zero-order valence-electron chi connectivity index (χ0n) is 16.1. The van der Waals surface area contributed by atoms with Crippen LogP contribution in [0.3, 0.4) is 0 Å².